The van der Waals surface area contributed by atoms with Crippen molar-refractivity contribution in [2.75, 3.05) is 38.0 Å². The summed E-state index contributed by atoms with van der Waals surface area (Å²) in [5, 5.41) is 20.5. The first kappa shape index (κ1) is 20.3. The maximum atomic E-state index is 12.3. The third kappa shape index (κ3) is 4.05. The van der Waals surface area contributed by atoms with Gasteiger partial charge in [-0.1, -0.05) is 0 Å². The first-order chi connectivity index (χ1) is 13.0. The molecular weight excluding hydrogens is 393 g/mol. The number of alkyl halides is 2. The number of hydrogen-bond acceptors (Lipinski definition) is 6. The largest absolute Gasteiger partial charge is 0.492 e. The Bertz CT molecular complexity index is 774. The number of carbonyl (C=O) groups is 2. The second kappa shape index (κ2) is 8.71. The Labute approximate surface area is 167 Å². The van der Waals surface area contributed by atoms with Crippen LogP contribution in [0, 0.1) is 0 Å². The highest BCUT2D eigenvalue weighted by atomic mass is 35.5. The number of carbonyl (C=O) groups excluding carboxylic acids is 2. The van der Waals surface area contributed by atoms with Crippen molar-refractivity contribution >= 4 is 34.8 Å². The second-order valence-electron chi connectivity index (χ2n) is 6.54. The molecule has 1 aromatic carbocycles. The van der Waals surface area contributed by atoms with Gasteiger partial charge in [-0.2, -0.15) is 0 Å². The van der Waals surface area contributed by atoms with Crippen LogP contribution >= 0.6 is 23.2 Å². The predicted octanol–water partition coefficient (Wildman–Crippen LogP) is 1.73. The molecule has 2 atom stereocenters. The Hall–Kier alpha value is -1.44. The number of rotatable bonds is 8. The fraction of sp³-hybridized carbons (Fsp3) is 0.474. The molecular formula is C19H21Cl2NO5. The average Bonchev–Trinajstić information content (AvgIpc) is 2.93. The molecule has 8 heteroatoms. The van der Waals surface area contributed by atoms with E-state index in [1.54, 1.807) is 0 Å². The number of halogens is 2. The van der Waals surface area contributed by atoms with Crippen molar-refractivity contribution in [1.29, 1.82) is 0 Å². The fourth-order valence-electron chi connectivity index (χ4n) is 3.56. The lowest BCUT2D eigenvalue weighted by Gasteiger charge is -2.22. The van der Waals surface area contributed by atoms with Crippen molar-refractivity contribution < 1.29 is 24.5 Å². The van der Waals surface area contributed by atoms with E-state index in [2.05, 4.69) is 0 Å². The standard InChI is InChI=1S/C19H21Cl2NO5/c20-3-5-22(6-4-21)7-8-27-16-10-11-13(23)1-2-14(24)17(11)12-9-15(25)19(26)18(12)16/h1-2,10,15,19,25-26H,3-9H2. The Balaban J connectivity index is 1.88. The van der Waals surface area contributed by atoms with Gasteiger partial charge in [0.2, 0.25) is 0 Å². The molecule has 0 radical (unpaired) electrons. The molecule has 0 saturated heterocycles. The van der Waals surface area contributed by atoms with Crippen LogP contribution < -0.4 is 4.74 Å². The van der Waals surface area contributed by atoms with E-state index in [4.69, 9.17) is 27.9 Å². The zero-order valence-corrected chi connectivity index (χ0v) is 16.2. The third-order valence-electron chi connectivity index (χ3n) is 4.88. The monoisotopic (exact) mass is 413 g/mol. The van der Waals surface area contributed by atoms with Crippen LogP contribution in [0.1, 0.15) is 37.9 Å². The molecule has 0 fully saturated rings. The van der Waals surface area contributed by atoms with Crippen LogP contribution in [0.15, 0.2) is 18.2 Å². The summed E-state index contributed by atoms with van der Waals surface area (Å²) in [4.78, 5) is 26.6. The first-order valence-corrected chi connectivity index (χ1v) is 9.84. The number of ether oxygens (including phenoxy) is 1. The summed E-state index contributed by atoms with van der Waals surface area (Å²) in [7, 11) is 0. The van der Waals surface area contributed by atoms with Crippen molar-refractivity contribution in [1.82, 2.24) is 4.90 Å². The molecule has 1 aromatic rings. The highest BCUT2D eigenvalue weighted by Gasteiger charge is 2.38. The molecule has 0 amide bonds. The fourth-order valence-corrected chi connectivity index (χ4v) is 4.03. The molecule has 0 aliphatic heterocycles. The maximum absolute atomic E-state index is 12.3. The SMILES string of the molecule is O=C1C=CC(=O)c2c1cc(OCCN(CCCl)CCCl)c1c2CC(O)C1O. The van der Waals surface area contributed by atoms with Gasteiger partial charge in [-0.05, 0) is 23.8 Å². The number of aliphatic hydroxyl groups is 2. The normalized spacial score (nSPS) is 20.9. The summed E-state index contributed by atoms with van der Waals surface area (Å²) in [6.07, 6.45) is 0.361. The summed E-state index contributed by atoms with van der Waals surface area (Å²) in [5.74, 6) is 0.668. The molecule has 2 aliphatic rings. The van der Waals surface area contributed by atoms with Crippen LogP contribution in [0.5, 0.6) is 5.75 Å². The summed E-state index contributed by atoms with van der Waals surface area (Å²) >= 11 is 11.6. The molecule has 2 unspecified atom stereocenters. The maximum Gasteiger partial charge on any atom is 0.187 e. The lowest BCUT2D eigenvalue weighted by atomic mass is 9.88. The number of ketones is 2. The van der Waals surface area contributed by atoms with Gasteiger partial charge < -0.3 is 14.9 Å². The summed E-state index contributed by atoms with van der Waals surface area (Å²) in [6, 6.07) is 1.49. The number of hydrogen-bond donors (Lipinski definition) is 2. The number of allylic oxidation sites excluding steroid dienone is 2. The molecule has 27 heavy (non-hydrogen) atoms. The lowest BCUT2D eigenvalue weighted by Crippen LogP contribution is -2.32. The van der Waals surface area contributed by atoms with Crippen LogP contribution in [-0.2, 0) is 6.42 Å². The zero-order valence-electron chi connectivity index (χ0n) is 14.7. The van der Waals surface area contributed by atoms with E-state index in [1.165, 1.54) is 18.2 Å². The minimum atomic E-state index is -1.16. The van der Waals surface area contributed by atoms with Gasteiger partial charge in [-0.3, -0.25) is 14.5 Å². The highest BCUT2D eigenvalue weighted by Crippen LogP contribution is 2.42. The number of aliphatic hydroxyl groups excluding tert-OH is 2. The Morgan fingerprint density at radius 2 is 1.74 bits per heavy atom. The van der Waals surface area contributed by atoms with E-state index >= 15 is 0 Å². The van der Waals surface area contributed by atoms with Crippen molar-refractivity contribution in [3.05, 3.63) is 40.5 Å². The Morgan fingerprint density at radius 3 is 2.41 bits per heavy atom. The molecule has 0 heterocycles. The van der Waals surface area contributed by atoms with Crippen LogP contribution in [-0.4, -0.2) is 70.8 Å². The van der Waals surface area contributed by atoms with Crippen molar-refractivity contribution in [3.63, 3.8) is 0 Å². The average molecular weight is 414 g/mol. The van der Waals surface area contributed by atoms with E-state index in [1.807, 2.05) is 4.90 Å². The van der Waals surface area contributed by atoms with Gasteiger partial charge in [0.1, 0.15) is 18.5 Å². The van der Waals surface area contributed by atoms with Crippen molar-refractivity contribution in [3.8, 4) is 5.75 Å². The number of nitrogens with zero attached hydrogens (tertiary/aromatic N) is 1. The van der Waals surface area contributed by atoms with E-state index in [0.29, 0.717) is 54.9 Å². The molecule has 2 N–H and O–H groups in total. The van der Waals surface area contributed by atoms with Gasteiger partial charge in [0, 0.05) is 54.5 Å². The third-order valence-corrected chi connectivity index (χ3v) is 5.21. The van der Waals surface area contributed by atoms with Crippen LogP contribution in [0.2, 0.25) is 0 Å². The first-order valence-electron chi connectivity index (χ1n) is 8.77. The van der Waals surface area contributed by atoms with E-state index in [9.17, 15) is 19.8 Å². The van der Waals surface area contributed by atoms with Gasteiger partial charge in [-0.15, -0.1) is 23.2 Å². The summed E-state index contributed by atoms with van der Waals surface area (Å²) in [5.41, 5.74) is 1.38. The molecule has 6 nitrogen and oxygen atoms in total. The van der Waals surface area contributed by atoms with Crippen LogP contribution in [0.25, 0.3) is 0 Å². The second-order valence-corrected chi connectivity index (χ2v) is 7.29. The number of benzene rings is 1. The van der Waals surface area contributed by atoms with Gasteiger partial charge >= 0.3 is 0 Å². The molecule has 0 spiro atoms. The van der Waals surface area contributed by atoms with E-state index in [-0.39, 0.29) is 29.1 Å². The topological polar surface area (TPSA) is 87.1 Å². The molecule has 0 saturated carbocycles. The van der Waals surface area contributed by atoms with Crippen LogP contribution in [0.4, 0.5) is 0 Å². The molecule has 0 aromatic heterocycles. The summed E-state index contributed by atoms with van der Waals surface area (Å²) in [6.45, 7) is 2.19. The van der Waals surface area contributed by atoms with Crippen molar-refractivity contribution in [2.45, 2.75) is 18.6 Å². The van der Waals surface area contributed by atoms with Gasteiger partial charge in [0.05, 0.1) is 6.10 Å². The smallest absolute Gasteiger partial charge is 0.187 e. The van der Waals surface area contributed by atoms with E-state index < -0.39 is 12.2 Å². The molecule has 146 valence electrons. The number of fused-ring (bicyclic) bond motifs is 3. The minimum absolute atomic E-state index is 0.105. The zero-order chi connectivity index (χ0) is 19.6. The molecule has 3 rings (SSSR count). The van der Waals surface area contributed by atoms with Gasteiger partial charge in [0.25, 0.3) is 0 Å². The van der Waals surface area contributed by atoms with Crippen LogP contribution in [0.3, 0.4) is 0 Å². The highest BCUT2D eigenvalue weighted by molar-refractivity contribution is 6.23. The Morgan fingerprint density at radius 1 is 1.07 bits per heavy atom. The van der Waals surface area contributed by atoms with Crippen molar-refractivity contribution in [2.24, 2.45) is 0 Å². The minimum Gasteiger partial charge on any atom is -0.492 e. The predicted molar refractivity (Wildman–Crippen MR) is 102 cm³/mol. The molecule has 0 bridgehead atoms. The van der Waals surface area contributed by atoms with Gasteiger partial charge in [-0.25, -0.2) is 0 Å². The lowest BCUT2D eigenvalue weighted by molar-refractivity contribution is 0.0310. The Kier molecular flexibility index (Phi) is 6.55. The molecule has 2 aliphatic carbocycles. The van der Waals surface area contributed by atoms with Gasteiger partial charge in [0.15, 0.2) is 11.6 Å². The van der Waals surface area contributed by atoms with E-state index in [0.717, 1.165) is 0 Å². The quantitative estimate of drug-likeness (QED) is 0.631. The summed E-state index contributed by atoms with van der Waals surface area (Å²) < 4.78 is 5.85.